The first-order valence-corrected chi connectivity index (χ1v) is 5.41. The van der Waals surface area contributed by atoms with Gasteiger partial charge in [0.25, 0.3) is 5.69 Å². The van der Waals surface area contributed by atoms with Crippen molar-refractivity contribution in [2.24, 2.45) is 0 Å². The summed E-state index contributed by atoms with van der Waals surface area (Å²) >= 11 is 0.326. The van der Waals surface area contributed by atoms with Gasteiger partial charge >= 0.3 is 12.1 Å². The van der Waals surface area contributed by atoms with Crippen LogP contribution in [0.4, 0.5) is 18.9 Å². The molecule has 0 aliphatic carbocycles. The SMILES string of the molecule is O=C(O)c1nc2cc([N+](=O)[O-])cc(C(F)(F)F)c2s1. The van der Waals surface area contributed by atoms with E-state index < -0.39 is 38.0 Å². The van der Waals surface area contributed by atoms with Crippen LogP contribution in [0.3, 0.4) is 0 Å². The van der Waals surface area contributed by atoms with Gasteiger partial charge in [-0.05, 0) is 0 Å². The number of alkyl halides is 3. The molecule has 0 spiro atoms. The monoisotopic (exact) mass is 292 g/mol. The normalized spacial score (nSPS) is 11.7. The number of nitro groups is 1. The number of rotatable bonds is 2. The molecule has 0 bridgehead atoms. The zero-order chi connectivity index (χ0) is 14.4. The lowest BCUT2D eigenvalue weighted by Gasteiger charge is -2.06. The number of carboxylic acid groups (broad SMARTS) is 1. The Morgan fingerprint density at radius 1 is 1.42 bits per heavy atom. The predicted octanol–water partition coefficient (Wildman–Crippen LogP) is 2.92. The van der Waals surface area contributed by atoms with Crippen LogP contribution in [-0.4, -0.2) is 21.0 Å². The number of nitro benzene ring substituents is 1. The molecule has 0 saturated heterocycles. The smallest absolute Gasteiger partial charge is 0.418 e. The van der Waals surface area contributed by atoms with Crippen LogP contribution in [0.5, 0.6) is 0 Å². The van der Waals surface area contributed by atoms with Gasteiger partial charge in [0.2, 0.25) is 5.01 Å². The quantitative estimate of drug-likeness (QED) is 0.678. The number of thiazole rings is 1. The fourth-order valence-electron chi connectivity index (χ4n) is 1.43. The second kappa shape index (κ2) is 4.16. The molecule has 0 unspecified atom stereocenters. The maximum atomic E-state index is 12.8. The van der Waals surface area contributed by atoms with E-state index in [9.17, 15) is 28.1 Å². The molecule has 2 rings (SSSR count). The molecule has 1 aromatic carbocycles. The Morgan fingerprint density at radius 2 is 2.05 bits per heavy atom. The molecule has 6 nitrogen and oxygen atoms in total. The molecule has 0 atom stereocenters. The van der Waals surface area contributed by atoms with Crippen molar-refractivity contribution in [2.75, 3.05) is 0 Å². The van der Waals surface area contributed by atoms with Gasteiger partial charge in [-0.15, -0.1) is 11.3 Å². The number of fused-ring (bicyclic) bond motifs is 1. The van der Waals surface area contributed by atoms with E-state index in [0.29, 0.717) is 17.4 Å². The van der Waals surface area contributed by atoms with Gasteiger partial charge in [-0.3, -0.25) is 10.1 Å². The molecule has 0 aliphatic heterocycles. The number of hydrogen-bond donors (Lipinski definition) is 1. The number of nitrogens with zero attached hydrogens (tertiary/aromatic N) is 2. The van der Waals surface area contributed by atoms with Crippen molar-refractivity contribution >= 4 is 33.2 Å². The van der Waals surface area contributed by atoms with Gasteiger partial charge in [-0.25, -0.2) is 9.78 Å². The number of non-ortho nitro benzene ring substituents is 1. The zero-order valence-electron chi connectivity index (χ0n) is 8.76. The average molecular weight is 292 g/mol. The highest BCUT2D eigenvalue weighted by Crippen LogP contribution is 2.39. The van der Waals surface area contributed by atoms with E-state index in [1.807, 2.05) is 0 Å². The molecule has 0 amide bonds. The van der Waals surface area contributed by atoms with Crippen molar-refractivity contribution in [3.05, 3.63) is 32.8 Å². The molecule has 10 heteroatoms. The van der Waals surface area contributed by atoms with Crippen molar-refractivity contribution in [2.45, 2.75) is 6.18 Å². The number of carboxylic acids is 1. The molecule has 0 saturated carbocycles. The van der Waals surface area contributed by atoms with Crippen LogP contribution in [0.25, 0.3) is 10.2 Å². The Bertz CT molecular complexity index is 695. The lowest BCUT2D eigenvalue weighted by Crippen LogP contribution is -2.05. The highest BCUT2D eigenvalue weighted by Gasteiger charge is 2.36. The molecule has 0 radical (unpaired) electrons. The summed E-state index contributed by atoms with van der Waals surface area (Å²) in [6.45, 7) is 0. The maximum absolute atomic E-state index is 12.8. The lowest BCUT2D eigenvalue weighted by molar-refractivity contribution is -0.385. The van der Waals surface area contributed by atoms with Crippen molar-refractivity contribution in [1.29, 1.82) is 0 Å². The van der Waals surface area contributed by atoms with E-state index in [0.717, 1.165) is 6.07 Å². The first kappa shape index (κ1) is 13.2. The van der Waals surface area contributed by atoms with Crippen molar-refractivity contribution in [3.8, 4) is 0 Å². The third-order valence-electron chi connectivity index (χ3n) is 2.17. The fraction of sp³-hybridized carbons (Fsp3) is 0.111. The van der Waals surface area contributed by atoms with E-state index in [1.54, 1.807) is 0 Å². The zero-order valence-corrected chi connectivity index (χ0v) is 9.58. The maximum Gasteiger partial charge on any atom is 0.418 e. The minimum atomic E-state index is -4.83. The Morgan fingerprint density at radius 3 is 2.53 bits per heavy atom. The van der Waals surface area contributed by atoms with Crippen LogP contribution in [-0.2, 0) is 6.18 Å². The van der Waals surface area contributed by atoms with Crippen molar-refractivity contribution < 1.29 is 28.0 Å². The number of hydrogen-bond acceptors (Lipinski definition) is 5. The molecular weight excluding hydrogens is 289 g/mol. The van der Waals surface area contributed by atoms with E-state index in [2.05, 4.69) is 4.98 Å². The Balaban J connectivity index is 2.82. The Labute approximate surface area is 106 Å². The summed E-state index contributed by atoms with van der Waals surface area (Å²) in [6, 6.07) is 1.18. The van der Waals surface area contributed by atoms with Gasteiger partial charge in [0, 0.05) is 12.1 Å². The molecule has 1 N–H and O–H groups in total. The highest BCUT2D eigenvalue weighted by molar-refractivity contribution is 7.20. The number of aromatic carboxylic acids is 1. The summed E-state index contributed by atoms with van der Waals surface area (Å²) in [5.41, 5.74) is -2.41. The van der Waals surface area contributed by atoms with Gasteiger partial charge in [0.15, 0.2) is 0 Å². The highest BCUT2D eigenvalue weighted by atomic mass is 32.1. The molecular formula is C9H3F3N2O4S. The minimum absolute atomic E-state index is 0.326. The van der Waals surface area contributed by atoms with E-state index in [-0.39, 0.29) is 5.52 Å². The number of aromatic nitrogens is 1. The van der Waals surface area contributed by atoms with E-state index >= 15 is 0 Å². The average Bonchev–Trinajstić information content (AvgIpc) is 2.69. The molecule has 19 heavy (non-hydrogen) atoms. The van der Waals surface area contributed by atoms with E-state index in [1.165, 1.54) is 0 Å². The number of carbonyl (C=O) groups is 1. The first-order valence-electron chi connectivity index (χ1n) is 4.59. The molecule has 1 aromatic heterocycles. The summed E-state index contributed by atoms with van der Waals surface area (Å²) in [7, 11) is 0. The first-order chi connectivity index (χ1) is 8.70. The lowest BCUT2D eigenvalue weighted by atomic mass is 10.2. The largest absolute Gasteiger partial charge is 0.476 e. The third-order valence-corrected chi connectivity index (χ3v) is 3.27. The molecule has 100 valence electrons. The van der Waals surface area contributed by atoms with Crippen molar-refractivity contribution in [1.82, 2.24) is 4.98 Å². The summed E-state index contributed by atoms with van der Waals surface area (Å²) in [5.74, 6) is -1.49. The van der Waals surface area contributed by atoms with E-state index in [4.69, 9.17) is 5.11 Å². The summed E-state index contributed by atoms with van der Waals surface area (Å²) < 4.78 is 37.9. The van der Waals surface area contributed by atoms with Crippen LogP contribution in [0.1, 0.15) is 15.4 Å². The van der Waals surface area contributed by atoms with Gasteiger partial charge in [0.1, 0.15) is 0 Å². The number of benzene rings is 1. The van der Waals surface area contributed by atoms with Crippen LogP contribution < -0.4 is 0 Å². The minimum Gasteiger partial charge on any atom is -0.476 e. The fourth-order valence-corrected chi connectivity index (χ4v) is 2.34. The second-order valence-electron chi connectivity index (χ2n) is 3.42. The molecule has 0 aliphatic rings. The Kier molecular flexibility index (Phi) is 2.89. The predicted molar refractivity (Wildman–Crippen MR) is 58.2 cm³/mol. The van der Waals surface area contributed by atoms with Crippen LogP contribution in [0.2, 0.25) is 0 Å². The topological polar surface area (TPSA) is 93.3 Å². The molecule has 1 heterocycles. The van der Waals surface area contributed by atoms with Crippen LogP contribution >= 0.6 is 11.3 Å². The standard InChI is InChI=1S/C9H3F3N2O4S/c10-9(11,12)4-1-3(14(17)18)2-5-6(4)19-7(13-5)8(15)16/h1-2H,(H,15,16). The van der Waals surface area contributed by atoms with Gasteiger partial charge in [0.05, 0.1) is 20.7 Å². The van der Waals surface area contributed by atoms with Crippen LogP contribution in [0.15, 0.2) is 12.1 Å². The summed E-state index contributed by atoms with van der Waals surface area (Å²) in [4.78, 5) is 23.7. The second-order valence-corrected chi connectivity index (χ2v) is 4.42. The van der Waals surface area contributed by atoms with Gasteiger partial charge in [-0.1, -0.05) is 0 Å². The van der Waals surface area contributed by atoms with Gasteiger partial charge < -0.3 is 5.11 Å². The summed E-state index contributed by atoms with van der Waals surface area (Å²) in [5, 5.41) is 18.7. The van der Waals surface area contributed by atoms with Gasteiger partial charge in [-0.2, -0.15) is 13.2 Å². The number of halogens is 3. The Hall–Kier alpha value is -2.23. The van der Waals surface area contributed by atoms with Crippen LogP contribution in [0, 0.1) is 10.1 Å². The third kappa shape index (κ3) is 2.34. The molecule has 0 fully saturated rings. The summed E-state index contributed by atoms with van der Waals surface area (Å²) in [6.07, 6.45) is -4.83. The van der Waals surface area contributed by atoms with Crippen molar-refractivity contribution in [3.63, 3.8) is 0 Å². The molecule has 2 aromatic rings.